The van der Waals surface area contributed by atoms with Crippen LogP contribution in [0.2, 0.25) is 0 Å². The fourth-order valence-electron chi connectivity index (χ4n) is 2.73. The lowest BCUT2D eigenvalue weighted by Gasteiger charge is -2.19. The summed E-state index contributed by atoms with van der Waals surface area (Å²) >= 11 is 1.41. The number of anilines is 1. The topological polar surface area (TPSA) is 67.4 Å². The summed E-state index contributed by atoms with van der Waals surface area (Å²) in [5.74, 6) is -0.319. The molecule has 0 saturated heterocycles. The summed E-state index contributed by atoms with van der Waals surface area (Å²) in [7, 11) is 1.63. The molecule has 1 aliphatic heterocycles. The molecule has 1 heterocycles. The maximum absolute atomic E-state index is 12.5. The molecule has 5 nitrogen and oxygen atoms in total. The zero-order valence-corrected chi connectivity index (χ0v) is 16.2. The van der Waals surface area contributed by atoms with Crippen LogP contribution in [0.3, 0.4) is 0 Å². The molecule has 1 aliphatic rings. The van der Waals surface area contributed by atoms with Gasteiger partial charge in [-0.25, -0.2) is 0 Å². The first-order chi connectivity index (χ1) is 13.1. The van der Waals surface area contributed by atoms with Crippen molar-refractivity contribution in [3.63, 3.8) is 0 Å². The van der Waals surface area contributed by atoms with E-state index in [0.717, 1.165) is 22.4 Å². The van der Waals surface area contributed by atoms with Crippen molar-refractivity contribution in [2.75, 3.05) is 25.6 Å². The molecule has 3 rings (SSSR count). The average Bonchev–Trinajstić information content (AvgIpc) is 2.65. The van der Waals surface area contributed by atoms with Crippen LogP contribution in [0.15, 0.2) is 52.3 Å². The van der Waals surface area contributed by atoms with E-state index in [1.807, 2.05) is 43.3 Å². The highest BCUT2D eigenvalue weighted by Gasteiger charge is 2.22. The van der Waals surface area contributed by atoms with E-state index in [0.29, 0.717) is 29.3 Å². The molecule has 140 valence electrons. The van der Waals surface area contributed by atoms with Crippen LogP contribution in [0, 0.1) is 6.92 Å². The molecule has 0 bridgehead atoms. The van der Waals surface area contributed by atoms with E-state index in [1.165, 1.54) is 11.8 Å². The predicted molar refractivity (Wildman–Crippen MR) is 109 cm³/mol. The van der Waals surface area contributed by atoms with Crippen LogP contribution in [0.4, 0.5) is 5.69 Å². The monoisotopic (exact) mass is 382 g/mol. The summed E-state index contributed by atoms with van der Waals surface area (Å²) in [6.07, 6.45) is 2.64. The van der Waals surface area contributed by atoms with Gasteiger partial charge in [-0.05, 0) is 43.2 Å². The fourth-order valence-corrected chi connectivity index (χ4v) is 3.67. The van der Waals surface area contributed by atoms with E-state index >= 15 is 0 Å². The zero-order chi connectivity index (χ0) is 19.2. The Kier molecular flexibility index (Phi) is 6.32. The van der Waals surface area contributed by atoms with Crippen molar-refractivity contribution in [3.8, 4) is 0 Å². The minimum Gasteiger partial charge on any atom is -0.385 e. The van der Waals surface area contributed by atoms with Gasteiger partial charge in [-0.1, -0.05) is 41.6 Å². The molecule has 2 N–H and O–H groups in total. The Labute approximate surface area is 163 Å². The van der Waals surface area contributed by atoms with Gasteiger partial charge in [-0.15, -0.1) is 0 Å². The van der Waals surface area contributed by atoms with Gasteiger partial charge in [0.05, 0.1) is 10.6 Å². The van der Waals surface area contributed by atoms with Gasteiger partial charge in [0.2, 0.25) is 0 Å². The molecule has 2 aromatic rings. The number of ether oxygens (including phenoxy) is 1. The summed E-state index contributed by atoms with van der Waals surface area (Å²) in [5, 5.41) is 5.74. The van der Waals surface area contributed by atoms with Crippen LogP contribution in [0.1, 0.15) is 27.9 Å². The highest BCUT2D eigenvalue weighted by atomic mass is 32.2. The lowest BCUT2D eigenvalue weighted by molar-refractivity contribution is -0.112. The van der Waals surface area contributed by atoms with Crippen molar-refractivity contribution in [1.29, 1.82) is 0 Å². The number of carbonyl (C=O) groups excluding carboxylic acids is 2. The van der Waals surface area contributed by atoms with Crippen molar-refractivity contribution >= 4 is 35.3 Å². The molecule has 6 heteroatoms. The summed E-state index contributed by atoms with van der Waals surface area (Å²) in [4.78, 5) is 26.2. The predicted octanol–water partition coefficient (Wildman–Crippen LogP) is 3.85. The number of hydrogen-bond acceptors (Lipinski definition) is 4. The summed E-state index contributed by atoms with van der Waals surface area (Å²) in [6, 6.07) is 13.4. The molecule has 0 spiro atoms. The quantitative estimate of drug-likeness (QED) is 0.588. The maximum Gasteiger partial charge on any atom is 0.262 e. The highest BCUT2D eigenvalue weighted by Crippen LogP contribution is 2.39. The van der Waals surface area contributed by atoms with E-state index < -0.39 is 0 Å². The summed E-state index contributed by atoms with van der Waals surface area (Å²) in [6.45, 7) is 3.18. The molecule has 2 amide bonds. The van der Waals surface area contributed by atoms with Gasteiger partial charge in [0.25, 0.3) is 11.8 Å². The van der Waals surface area contributed by atoms with Crippen molar-refractivity contribution in [1.82, 2.24) is 5.32 Å². The molecule has 2 aromatic carbocycles. The SMILES string of the molecule is COCCCNC(=O)c1ccc2c(c1)NC(=O)/C(=C\c1cccc(C)c1)S2. The number of hydrogen-bond donors (Lipinski definition) is 2. The zero-order valence-electron chi connectivity index (χ0n) is 15.4. The lowest BCUT2D eigenvalue weighted by atomic mass is 10.1. The molecular formula is C21H22N2O3S. The summed E-state index contributed by atoms with van der Waals surface area (Å²) in [5.41, 5.74) is 3.32. The van der Waals surface area contributed by atoms with Crippen molar-refractivity contribution in [2.24, 2.45) is 0 Å². The van der Waals surface area contributed by atoms with Gasteiger partial charge < -0.3 is 15.4 Å². The Bertz CT molecular complexity index is 893. The Hall–Kier alpha value is -2.57. The Morgan fingerprint density at radius 2 is 2.11 bits per heavy atom. The largest absolute Gasteiger partial charge is 0.385 e. The van der Waals surface area contributed by atoms with Crippen LogP contribution in [0.5, 0.6) is 0 Å². The summed E-state index contributed by atoms with van der Waals surface area (Å²) < 4.78 is 4.97. The number of thioether (sulfide) groups is 1. The first-order valence-electron chi connectivity index (χ1n) is 8.75. The molecule has 0 aromatic heterocycles. The minimum absolute atomic E-state index is 0.158. The van der Waals surface area contributed by atoms with Gasteiger partial charge in [0.1, 0.15) is 0 Å². The Morgan fingerprint density at radius 1 is 1.26 bits per heavy atom. The second kappa shape index (κ2) is 8.88. The van der Waals surface area contributed by atoms with E-state index in [2.05, 4.69) is 10.6 Å². The number of aryl methyl sites for hydroxylation is 1. The van der Waals surface area contributed by atoms with Crippen LogP contribution in [0.25, 0.3) is 6.08 Å². The van der Waals surface area contributed by atoms with Crippen LogP contribution >= 0.6 is 11.8 Å². The molecular weight excluding hydrogens is 360 g/mol. The van der Waals surface area contributed by atoms with Gasteiger partial charge in [-0.2, -0.15) is 0 Å². The van der Waals surface area contributed by atoms with E-state index in [1.54, 1.807) is 19.2 Å². The van der Waals surface area contributed by atoms with Crippen molar-refractivity contribution < 1.29 is 14.3 Å². The number of methoxy groups -OCH3 is 1. The molecule has 0 atom stereocenters. The lowest BCUT2D eigenvalue weighted by Crippen LogP contribution is -2.25. The normalized spacial score (nSPS) is 14.6. The number of carbonyl (C=O) groups is 2. The van der Waals surface area contributed by atoms with E-state index in [9.17, 15) is 9.59 Å². The number of amides is 2. The molecule has 0 aliphatic carbocycles. The van der Waals surface area contributed by atoms with Gasteiger partial charge in [-0.3, -0.25) is 9.59 Å². The second-order valence-corrected chi connectivity index (χ2v) is 7.38. The average molecular weight is 382 g/mol. The highest BCUT2D eigenvalue weighted by molar-refractivity contribution is 8.04. The molecule has 27 heavy (non-hydrogen) atoms. The first-order valence-corrected chi connectivity index (χ1v) is 9.57. The first kappa shape index (κ1) is 19.2. The number of rotatable bonds is 6. The third-order valence-electron chi connectivity index (χ3n) is 4.08. The van der Waals surface area contributed by atoms with Crippen LogP contribution in [-0.2, 0) is 9.53 Å². The molecule has 0 fully saturated rings. The third kappa shape index (κ3) is 4.99. The fraction of sp³-hybridized carbons (Fsp3) is 0.238. The van der Waals surface area contributed by atoms with Gasteiger partial charge >= 0.3 is 0 Å². The van der Waals surface area contributed by atoms with Crippen molar-refractivity contribution in [3.05, 3.63) is 64.1 Å². The number of fused-ring (bicyclic) bond motifs is 1. The Balaban J connectivity index is 1.73. The van der Waals surface area contributed by atoms with Gasteiger partial charge in [0, 0.05) is 30.7 Å². The molecule has 0 unspecified atom stereocenters. The van der Waals surface area contributed by atoms with Crippen molar-refractivity contribution in [2.45, 2.75) is 18.2 Å². The Morgan fingerprint density at radius 3 is 2.89 bits per heavy atom. The third-order valence-corrected chi connectivity index (χ3v) is 5.18. The van der Waals surface area contributed by atoms with E-state index in [4.69, 9.17) is 4.74 Å². The van der Waals surface area contributed by atoms with E-state index in [-0.39, 0.29) is 11.8 Å². The van der Waals surface area contributed by atoms with Crippen LogP contribution < -0.4 is 10.6 Å². The van der Waals surface area contributed by atoms with Gasteiger partial charge in [0.15, 0.2) is 0 Å². The number of nitrogens with one attached hydrogen (secondary N) is 2. The van der Waals surface area contributed by atoms with Crippen LogP contribution in [-0.4, -0.2) is 32.1 Å². The molecule has 0 radical (unpaired) electrons. The minimum atomic E-state index is -0.161. The second-order valence-electron chi connectivity index (χ2n) is 6.29. The molecule has 0 saturated carbocycles. The smallest absolute Gasteiger partial charge is 0.262 e. The number of benzene rings is 2. The standard InChI is InChI=1S/C21H22N2O3S/c1-14-5-3-6-15(11-14)12-19-21(25)23-17-13-16(7-8-18(17)27-19)20(24)22-9-4-10-26-2/h3,5-8,11-13H,4,9-10H2,1-2H3,(H,22,24)(H,23,25)/b19-12+. The maximum atomic E-state index is 12.5.